The molecule has 136 valence electrons. The van der Waals surface area contributed by atoms with Gasteiger partial charge in [0, 0.05) is 26.1 Å². The van der Waals surface area contributed by atoms with Crippen molar-refractivity contribution < 1.29 is 26.5 Å². The topological polar surface area (TPSA) is 92.5 Å². The minimum absolute atomic E-state index is 0.0742. The third-order valence-corrected chi connectivity index (χ3v) is 5.15. The van der Waals surface area contributed by atoms with Crippen LogP contribution in [0.5, 0.6) is 0 Å². The number of amides is 1. The van der Waals surface area contributed by atoms with Crippen LogP contribution in [0.2, 0.25) is 0 Å². The van der Waals surface area contributed by atoms with Crippen LogP contribution >= 0.6 is 0 Å². The Labute approximate surface area is 143 Å². The van der Waals surface area contributed by atoms with Crippen molar-refractivity contribution in [1.82, 2.24) is 9.88 Å². The largest absolute Gasteiger partial charge is 0.360 e. The van der Waals surface area contributed by atoms with E-state index in [1.54, 1.807) is 0 Å². The predicted octanol–water partition coefficient (Wildman–Crippen LogP) is 1.90. The van der Waals surface area contributed by atoms with Gasteiger partial charge in [0.1, 0.15) is 22.2 Å². The Hall–Kier alpha value is -2.33. The van der Waals surface area contributed by atoms with Gasteiger partial charge in [-0.25, -0.2) is 21.9 Å². The zero-order chi connectivity index (χ0) is 18.8. The molecule has 0 aliphatic rings. The van der Waals surface area contributed by atoms with Gasteiger partial charge in [0.25, 0.3) is 0 Å². The Bertz CT molecular complexity index is 877. The third-order valence-electron chi connectivity index (χ3n) is 3.44. The Morgan fingerprint density at radius 2 is 2.00 bits per heavy atom. The lowest BCUT2D eigenvalue weighted by atomic mass is 10.2. The summed E-state index contributed by atoms with van der Waals surface area (Å²) in [6.07, 6.45) is 0. The molecule has 1 heterocycles. The molecule has 25 heavy (non-hydrogen) atoms. The van der Waals surface area contributed by atoms with E-state index in [0.717, 1.165) is 17.0 Å². The van der Waals surface area contributed by atoms with E-state index in [1.807, 2.05) is 0 Å². The van der Waals surface area contributed by atoms with Crippen LogP contribution in [0.15, 0.2) is 27.6 Å². The van der Waals surface area contributed by atoms with Crippen molar-refractivity contribution in [3.05, 3.63) is 41.3 Å². The molecule has 0 aliphatic carbocycles. The first kappa shape index (κ1) is 19.0. The first-order valence-electron chi connectivity index (χ1n) is 7.29. The Morgan fingerprint density at radius 1 is 1.32 bits per heavy atom. The molecule has 0 saturated carbocycles. The number of nitrogens with one attached hydrogen (secondary N) is 1. The number of aryl methyl sites for hydroxylation is 2. The Kier molecular flexibility index (Phi) is 5.53. The predicted molar refractivity (Wildman–Crippen MR) is 85.6 cm³/mol. The first-order chi connectivity index (χ1) is 11.6. The van der Waals surface area contributed by atoms with Crippen LogP contribution in [0.25, 0.3) is 0 Å². The van der Waals surface area contributed by atoms with E-state index in [9.17, 15) is 22.0 Å². The summed E-state index contributed by atoms with van der Waals surface area (Å²) in [6, 6.07) is 2.79. The summed E-state index contributed by atoms with van der Waals surface area (Å²) in [5, 5.41) is 3.58. The Balaban J connectivity index is 2.14. The highest BCUT2D eigenvalue weighted by molar-refractivity contribution is 7.89. The molecule has 0 atom stereocenters. The first-order valence-corrected chi connectivity index (χ1v) is 8.77. The normalized spacial score (nSPS) is 11.6. The van der Waals surface area contributed by atoms with Crippen LogP contribution in [-0.2, 0) is 14.8 Å². The molecule has 7 nitrogen and oxygen atoms in total. The molecule has 0 bridgehead atoms. The van der Waals surface area contributed by atoms with E-state index in [0.29, 0.717) is 6.07 Å². The van der Waals surface area contributed by atoms with E-state index in [1.165, 1.54) is 20.8 Å². The highest BCUT2D eigenvalue weighted by Crippen LogP contribution is 2.21. The molecule has 2 rings (SSSR count). The number of anilines is 1. The van der Waals surface area contributed by atoms with Crippen LogP contribution in [0.4, 0.5) is 14.5 Å². The van der Waals surface area contributed by atoms with Crippen LogP contribution in [0.1, 0.15) is 18.4 Å². The molecule has 0 unspecified atom stereocenters. The summed E-state index contributed by atoms with van der Waals surface area (Å²) in [7, 11) is -3.90. The maximum absolute atomic E-state index is 13.9. The molecule has 2 aromatic rings. The standard InChI is InChI=1S/C15H17F2N3O4S/c1-9-15(10(2)24-19-9)25(22,23)18-6-7-20(11(3)21)14-5-4-12(16)8-13(14)17/h4-5,8,18H,6-7H2,1-3H3. The number of carbonyl (C=O) groups excluding carboxylic acids is 1. The average molecular weight is 373 g/mol. The van der Waals surface area contributed by atoms with E-state index in [2.05, 4.69) is 9.88 Å². The van der Waals surface area contributed by atoms with Crippen molar-refractivity contribution in [2.24, 2.45) is 0 Å². The van der Waals surface area contributed by atoms with Gasteiger partial charge in [-0.05, 0) is 26.0 Å². The third kappa shape index (κ3) is 4.20. The van der Waals surface area contributed by atoms with E-state index >= 15 is 0 Å². The number of nitrogens with zero attached hydrogens (tertiary/aromatic N) is 2. The smallest absolute Gasteiger partial charge is 0.246 e. The average Bonchev–Trinajstić information content (AvgIpc) is 2.84. The summed E-state index contributed by atoms with van der Waals surface area (Å²) in [4.78, 5) is 12.7. The van der Waals surface area contributed by atoms with E-state index in [4.69, 9.17) is 4.52 Å². The number of benzene rings is 1. The van der Waals surface area contributed by atoms with Crippen LogP contribution in [0, 0.1) is 25.5 Å². The highest BCUT2D eigenvalue weighted by atomic mass is 32.2. The summed E-state index contributed by atoms with van der Waals surface area (Å²) < 4.78 is 58.6. The van der Waals surface area contributed by atoms with Crippen molar-refractivity contribution >= 4 is 21.6 Å². The Morgan fingerprint density at radius 3 is 2.52 bits per heavy atom. The zero-order valence-corrected chi connectivity index (χ0v) is 14.7. The lowest BCUT2D eigenvalue weighted by molar-refractivity contribution is -0.116. The molecule has 0 saturated heterocycles. The molecule has 0 radical (unpaired) electrons. The molecule has 0 spiro atoms. The summed E-state index contributed by atoms with van der Waals surface area (Å²) in [5.74, 6) is -2.06. The number of hydrogen-bond donors (Lipinski definition) is 1. The molecule has 1 aromatic heterocycles. The highest BCUT2D eigenvalue weighted by Gasteiger charge is 2.24. The van der Waals surface area contributed by atoms with Gasteiger partial charge in [-0.2, -0.15) is 0 Å². The van der Waals surface area contributed by atoms with Gasteiger partial charge in [-0.3, -0.25) is 4.79 Å². The molecule has 1 amide bonds. The van der Waals surface area contributed by atoms with Crippen LogP contribution in [-0.4, -0.2) is 32.6 Å². The summed E-state index contributed by atoms with van der Waals surface area (Å²) >= 11 is 0. The lowest BCUT2D eigenvalue weighted by Gasteiger charge is -2.22. The SMILES string of the molecule is CC(=O)N(CCNS(=O)(=O)c1c(C)noc1C)c1ccc(F)cc1F. The minimum Gasteiger partial charge on any atom is -0.360 e. The minimum atomic E-state index is -3.90. The van der Waals surface area contributed by atoms with Gasteiger partial charge in [0.2, 0.25) is 15.9 Å². The molecule has 10 heteroatoms. The lowest BCUT2D eigenvalue weighted by Crippen LogP contribution is -2.38. The van der Waals surface area contributed by atoms with Crippen LogP contribution in [0.3, 0.4) is 0 Å². The summed E-state index contributed by atoms with van der Waals surface area (Å²) in [5.41, 5.74) is 0.0726. The van der Waals surface area contributed by atoms with Gasteiger partial charge >= 0.3 is 0 Å². The van der Waals surface area contributed by atoms with Gasteiger partial charge in [-0.15, -0.1) is 0 Å². The fourth-order valence-corrected chi connectivity index (χ4v) is 3.72. The van der Waals surface area contributed by atoms with E-state index < -0.39 is 27.6 Å². The monoisotopic (exact) mass is 373 g/mol. The number of hydrogen-bond acceptors (Lipinski definition) is 5. The second-order valence-corrected chi connectivity index (χ2v) is 7.02. The molecule has 1 N–H and O–H groups in total. The molecule has 1 aromatic carbocycles. The van der Waals surface area contributed by atoms with Crippen LogP contribution < -0.4 is 9.62 Å². The number of rotatable bonds is 6. The van der Waals surface area contributed by atoms with E-state index in [-0.39, 0.29) is 35.1 Å². The number of sulfonamides is 1. The summed E-state index contributed by atoms with van der Waals surface area (Å²) in [6.45, 7) is 3.83. The molecular weight excluding hydrogens is 356 g/mol. The molecular formula is C15H17F2N3O4S. The second-order valence-electron chi connectivity index (χ2n) is 5.32. The van der Waals surface area contributed by atoms with Gasteiger partial charge in [0.15, 0.2) is 5.76 Å². The maximum atomic E-state index is 13.9. The number of carbonyl (C=O) groups is 1. The fraction of sp³-hybridized carbons (Fsp3) is 0.333. The van der Waals surface area contributed by atoms with Crippen molar-refractivity contribution in [2.45, 2.75) is 25.7 Å². The van der Waals surface area contributed by atoms with Crippen molar-refractivity contribution in [3.63, 3.8) is 0 Å². The maximum Gasteiger partial charge on any atom is 0.246 e. The number of halogens is 2. The fourth-order valence-electron chi connectivity index (χ4n) is 2.37. The molecule has 0 fully saturated rings. The van der Waals surface area contributed by atoms with Gasteiger partial charge < -0.3 is 9.42 Å². The van der Waals surface area contributed by atoms with Gasteiger partial charge in [0.05, 0.1) is 5.69 Å². The van der Waals surface area contributed by atoms with Gasteiger partial charge in [-0.1, -0.05) is 5.16 Å². The second kappa shape index (κ2) is 7.28. The van der Waals surface area contributed by atoms with Crippen molar-refractivity contribution in [2.75, 3.05) is 18.0 Å². The van der Waals surface area contributed by atoms with Crippen molar-refractivity contribution in [3.8, 4) is 0 Å². The van der Waals surface area contributed by atoms with Crippen molar-refractivity contribution in [1.29, 1.82) is 0 Å². The zero-order valence-electron chi connectivity index (χ0n) is 13.8. The molecule has 0 aliphatic heterocycles. The quantitative estimate of drug-likeness (QED) is 0.835. The number of aromatic nitrogens is 1.